The summed E-state index contributed by atoms with van der Waals surface area (Å²) >= 11 is 0. The van der Waals surface area contributed by atoms with Crippen LogP contribution in [-0.2, 0) is 0 Å². The van der Waals surface area contributed by atoms with E-state index in [0.29, 0.717) is 5.88 Å². The molecular formula is C10H8N2O3. The van der Waals surface area contributed by atoms with E-state index in [0.717, 1.165) is 0 Å². The van der Waals surface area contributed by atoms with E-state index in [4.69, 9.17) is 9.52 Å². The number of furan rings is 1. The summed E-state index contributed by atoms with van der Waals surface area (Å²) in [6, 6.07) is 7.38. The molecule has 0 amide bonds. The molecule has 1 heterocycles. The molecule has 0 unspecified atom stereocenters. The highest BCUT2D eigenvalue weighted by atomic mass is 16.3. The standard InChI is InChI=1S/C10H8N2O3/c13-7-3-4-8(9(14)6-7)11-12-10-2-1-5-15-10/h1-6,13-14H. The third-order valence-corrected chi connectivity index (χ3v) is 1.72. The van der Waals surface area contributed by atoms with Crippen molar-refractivity contribution in [3.05, 3.63) is 36.6 Å². The largest absolute Gasteiger partial charge is 0.508 e. The fourth-order valence-corrected chi connectivity index (χ4v) is 1.03. The quantitative estimate of drug-likeness (QED) is 0.737. The summed E-state index contributed by atoms with van der Waals surface area (Å²) in [4.78, 5) is 0. The Hall–Kier alpha value is -2.30. The molecule has 5 heteroatoms. The maximum absolute atomic E-state index is 9.38. The number of azo groups is 1. The van der Waals surface area contributed by atoms with Gasteiger partial charge in [0.15, 0.2) is 0 Å². The summed E-state index contributed by atoms with van der Waals surface area (Å²) in [7, 11) is 0. The van der Waals surface area contributed by atoms with Gasteiger partial charge in [0.05, 0.1) is 6.26 Å². The Balaban J connectivity index is 2.24. The van der Waals surface area contributed by atoms with E-state index in [2.05, 4.69) is 10.2 Å². The van der Waals surface area contributed by atoms with Crippen LogP contribution in [0.15, 0.2) is 51.2 Å². The minimum absolute atomic E-state index is 0.0237. The van der Waals surface area contributed by atoms with Crippen molar-refractivity contribution < 1.29 is 14.6 Å². The highest BCUT2D eigenvalue weighted by Crippen LogP contribution is 2.31. The van der Waals surface area contributed by atoms with Gasteiger partial charge in [0.2, 0.25) is 5.88 Å². The molecule has 2 aromatic rings. The van der Waals surface area contributed by atoms with Gasteiger partial charge in [-0.1, -0.05) is 0 Å². The lowest BCUT2D eigenvalue weighted by molar-refractivity contribution is 0.451. The number of nitrogens with zero attached hydrogens (tertiary/aromatic N) is 2. The average Bonchev–Trinajstić information content (AvgIpc) is 2.69. The molecule has 1 aromatic heterocycles. The fourth-order valence-electron chi connectivity index (χ4n) is 1.03. The fraction of sp³-hybridized carbons (Fsp3) is 0. The maximum Gasteiger partial charge on any atom is 0.238 e. The number of hydrogen-bond donors (Lipinski definition) is 2. The minimum atomic E-state index is -0.134. The van der Waals surface area contributed by atoms with Crippen LogP contribution in [0.4, 0.5) is 11.6 Å². The molecule has 0 saturated carbocycles. The zero-order chi connectivity index (χ0) is 10.7. The molecule has 0 spiro atoms. The topological polar surface area (TPSA) is 78.3 Å². The van der Waals surface area contributed by atoms with Gasteiger partial charge in [0, 0.05) is 12.1 Å². The predicted octanol–water partition coefficient (Wildman–Crippen LogP) is 3.11. The molecule has 0 bridgehead atoms. The van der Waals surface area contributed by atoms with Gasteiger partial charge in [0.1, 0.15) is 17.2 Å². The van der Waals surface area contributed by atoms with Crippen LogP contribution in [0.2, 0.25) is 0 Å². The first kappa shape index (κ1) is 9.26. The molecule has 15 heavy (non-hydrogen) atoms. The number of benzene rings is 1. The molecule has 1 aromatic carbocycles. The van der Waals surface area contributed by atoms with Gasteiger partial charge in [-0.15, -0.1) is 10.2 Å². The smallest absolute Gasteiger partial charge is 0.238 e. The van der Waals surface area contributed by atoms with Crippen LogP contribution in [0, 0.1) is 0 Å². The number of hydrogen-bond acceptors (Lipinski definition) is 5. The summed E-state index contributed by atoms with van der Waals surface area (Å²) < 4.78 is 4.93. The van der Waals surface area contributed by atoms with Crippen LogP contribution in [-0.4, -0.2) is 10.2 Å². The van der Waals surface area contributed by atoms with Crippen LogP contribution in [0.3, 0.4) is 0 Å². The minimum Gasteiger partial charge on any atom is -0.508 e. The molecule has 2 rings (SSSR count). The first-order valence-electron chi connectivity index (χ1n) is 4.23. The summed E-state index contributed by atoms with van der Waals surface area (Å²) in [6.45, 7) is 0. The highest BCUT2D eigenvalue weighted by Gasteiger charge is 2.00. The molecule has 2 N–H and O–H groups in total. The molecule has 5 nitrogen and oxygen atoms in total. The first-order valence-corrected chi connectivity index (χ1v) is 4.23. The van der Waals surface area contributed by atoms with Crippen molar-refractivity contribution in [2.45, 2.75) is 0 Å². The average molecular weight is 204 g/mol. The SMILES string of the molecule is Oc1ccc(N=Nc2ccco2)c(O)c1. The second-order valence-electron chi connectivity index (χ2n) is 2.82. The Morgan fingerprint density at radius 2 is 1.93 bits per heavy atom. The van der Waals surface area contributed by atoms with Gasteiger partial charge in [-0.25, -0.2) is 0 Å². The molecule has 76 valence electrons. The lowest BCUT2D eigenvalue weighted by Gasteiger charge is -1.96. The van der Waals surface area contributed by atoms with Crippen LogP contribution < -0.4 is 0 Å². The predicted molar refractivity (Wildman–Crippen MR) is 52.7 cm³/mol. The zero-order valence-corrected chi connectivity index (χ0v) is 7.66. The Bertz CT molecular complexity index is 477. The second kappa shape index (κ2) is 3.83. The monoisotopic (exact) mass is 204 g/mol. The van der Waals surface area contributed by atoms with Gasteiger partial charge in [-0.2, -0.15) is 0 Å². The Morgan fingerprint density at radius 3 is 2.60 bits per heavy atom. The van der Waals surface area contributed by atoms with Crippen molar-refractivity contribution in [2.75, 3.05) is 0 Å². The normalized spacial score (nSPS) is 10.9. The summed E-state index contributed by atoms with van der Waals surface area (Å²) in [5, 5.41) is 25.9. The lowest BCUT2D eigenvalue weighted by atomic mass is 10.3. The van der Waals surface area contributed by atoms with Crippen molar-refractivity contribution in [2.24, 2.45) is 10.2 Å². The van der Waals surface area contributed by atoms with Gasteiger partial charge >= 0.3 is 0 Å². The van der Waals surface area contributed by atoms with E-state index in [1.165, 1.54) is 24.5 Å². The van der Waals surface area contributed by atoms with Crippen molar-refractivity contribution in [3.63, 3.8) is 0 Å². The van der Waals surface area contributed by atoms with E-state index < -0.39 is 0 Å². The zero-order valence-electron chi connectivity index (χ0n) is 7.66. The number of rotatable bonds is 2. The third kappa shape index (κ3) is 2.14. The molecule has 0 aliphatic carbocycles. The Morgan fingerprint density at radius 1 is 1.07 bits per heavy atom. The lowest BCUT2D eigenvalue weighted by Crippen LogP contribution is -1.67. The van der Waals surface area contributed by atoms with Gasteiger partial charge in [0.25, 0.3) is 0 Å². The number of phenols is 2. The van der Waals surface area contributed by atoms with Gasteiger partial charge < -0.3 is 14.6 Å². The van der Waals surface area contributed by atoms with Crippen molar-refractivity contribution >= 4 is 11.6 Å². The second-order valence-corrected chi connectivity index (χ2v) is 2.82. The molecule has 0 aliphatic rings. The maximum atomic E-state index is 9.38. The molecule has 0 saturated heterocycles. The van der Waals surface area contributed by atoms with E-state index in [9.17, 15) is 5.11 Å². The number of aromatic hydroxyl groups is 2. The van der Waals surface area contributed by atoms with Crippen molar-refractivity contribution in [1.82, 2.24) is 0 Å². The van der Waals surface area contributed by atoms with Crippen molar-refractivity contribution in [1.29, 1.82) is 0 Å². The van der Waals surface area contributed by atoms with Gasteiger partial charge in [-0.3, -0.25) is 0 Å². The first-order chi connectivity index (χ1) is 7.25. The molecular weight excluding hydrogens is 196 g/mol. The van der Waals surface area contributed by atoms with E-state index in [1.54, 1.807) is 12.1 Å². The van der Waals surface area contributed by atoms with Crippen LogP contribution >= 0.6 is 0 Å². The molecule has 0 aliphatic heterocycles. The molecule has 0 radical (unpaired) electrons. The Kier molecular flexibility index (Phi) is 2.37. The van der Waals surface area contributed by atoms with E-state index in [1.807, 2.05) is 0 Å². The van der Waals surface area contributed by atoms with Crippen LogP contribution in [0.5, 0.6) is 11.5 Å². The third-order valence-electron chi connectivity index (χ3n) is 1.72. The summed E-state index contributed by atoms with van der Waals surface area (Å²) in [5.74, 6) is 0.192. The summed E-state index contributed by atoms with van der Waals surface area (Å²) in [5.41, 5.74) is 0.268. The number of phenolic OH excluding ortho intramolecular Hbond substituents is 2. The molecule has 0 atom stereocenters. The Labute approximate surface area is 85.3 Å². The van der Waals surface area contributed by atoms with Crippen LogP contribution in [0.1, 0.15) is 0 Å². The van der Waals surface area contributed by atoms with E-state index in [-0.39, 0.29) is 17.2 Å². The van der Waals surface area contributed by atoms with Crippen molar-refractivity contribution in [3.8, 4) is 11.5 Å². The highest BCUT2D eigenvalue weighted by molar-refractivity contribution is 5.53. The van der Waals surface area contributed by atoms with Crippen LogP contribution in [0.25, 0.3) is 0 Å². The molecule has 0 fully saturated rings. The summed E-state index contributed by atoms with van der Waals surface area (Å²) in [6.07, 6.45) is 1.48. The van der Waals surface area contributed by atoms with E-state index >= 15 is 0 Å². The van der Waals surface area contributed by atoms with Gasteiger partial charge in [-0.05, 0) is 18.2 Å².